The molecule has 42 heavy (non-hydrogen) atoms. The number of aromatic amines is 1. The fourth-order valence-corrected chi connectivity index (χ4v) is 7.08. The molecule has 3 aliphatic rings. The number of H-pyrrole nitrogens is 1. The van der Waals surface area contributed by atoms with E-state index in [1.165, 1.54) is 12.1 Å². The Kier molecular flexibility index (Phi) is 8.70. The predicted octanol–water partition coefficient (Wildman–Crippen LogP) is 2.28. The number of alkyl carbamates (subject to hydrolysis) is 1. The third-order valence-corrected chi connectivity index (χ3v) is 9.70. The number of nitrogens with zero attached hydrogens (tertiary/aromatic N) is 3. The lowest BCUT2D eigenvalue weighted by Crippen LogP contribution is -2.51. The summed E-state index contributed by atoms with van der Waals surface area (Å²) in [5.41, 5.74) is 1.82. The van der Waals surface area contributed by atoms with E-state index in [2.05, 4.69) is 20.7 Å². The molecular formula is C28H35N5O8S. The number of amides is 1. The van der Waals surface area contributed by atoms with Gasteiger partial charge in [-0.2, -0.15) is 0 Å². The molecule has 3 fully saturated rings. The molecule has 3 N–H and O–H groups in total. The van der Waals surface area contributed by atoms with Crippen molar-refractivity contribution in [1.82, 2.24) is 25.2 Å². The van der Waals surface area contributed by atoms with Gasteiger partial charge in [0.25, 0.3) is 10.0 Å². The maximum atomic E-state index is 13.9. The van der Waals surface area contributed by atoms with Crippen LogP contribution in [-0.4, -0.2) is 89.9 Å². The van der Waals surface area contributed by atoms with Crippen molar-refractivity contribution in [2.45, 2.75) is 74.1 Å². The lowest BCUT2D eigenvalue weighted by atomic mass is 10.0. The van der Waals surface area contributed by atoms with E-state index in [1.54, 1.807) is 6.07 Å². The van der Waals surface area contributed by atoms with E-state index in [1.807, 2.05) is 30.3 Å². The van der Waals surface area contributed by atoms with Gasteiger partial charge in [-0.1, -0.05) is 52.9 Å². The van der Waals surface area contributed by atoms with E-state index in [0.717, 1.165) is 29.3 Å². The van der Waals surface area contributed by atoms with Crippen LogP contribution in [0.3, 0.4) is 0 Å². The van der Waals surface area contributed by atoms with Crippen molar-refractivity contribution in [2.75, 3.05) is 19.8 Å². The summed E-state index contributed by atoms with van der Waals surface area (Å²) in [6, 6.07) is 12.9. The summed E-state index contributed by atoms with van der Waals surface area (Å²) in [4.78, 5) is 19.0. The van der Waals surface area contributed by atoms with Crippen molar-refractivity contribution in [3.8, 4) is 0 Å². The van der Waals surface area contributed by atoms with Crippen LogP contribution in [0.5, 0.6) is 0 Å². The van der Waals surface area contributed by atoms with Crippen LogP contribution in [-0.2, 0) is 35.5 Å². The summed E-state index contributed by atoms with van der Waals surface area (Å²) < 4.78 is 45.3. The van der Waals surface area contributed by atoms with Crippen LogP contribution in [0.2, 0.25) is 0 Å². The molecule has 0 radical (unpaired) electrons. The highest BCUT2D eigenvalue weighted by molar-refractivity contribution is 7.89. The number of aliphatic hydroxyl groups is 1. The molecule has 1 saturated carbocycles. The topological polar surface area (TPSA) is 165 Å². The largest absolute Gasteiger partial charge is 0.443 e. The van der Waals surface area contributed by atoms with Crippen LogP contribution >= 0.6 is 0 Å². The van der Waals surface area contributed by atoms with Crippen LogP contribution in [0, 0.1) is 5.92 Å². The van der Waals surface area contributed by atoms with Gasteiger partial charge in [0.1, 0.15) is 11.6 Å². The van der Waals surface area contributed by atoms with E-state index in [9.17, 15) is 18.3 Å². The number of benzene rings is 2. The van der Waals surface area contributed by atoms with Crippen molar-refractivity contribution in [3.63, 3.8) is 0 Å². The molecule has 1 aliphatic carbocycles. The van der Waals surface area contributed by atoms with Crippen LogP contribution in [0.25, 0.3) is 11.0 Å². The van der Waals surface area contributed by atoms with E-state index < -0.39 is 40.9 Å². The fourth-order valence-electron chi connectivity index (χ4n) is 5.76. The second-order valence-corrected chi connectivity index (χ2v) is 12.8. The van der Waals surface area contributed by atoms with Gasteiger partial charge in [0.15, 0.2) is 6.29 Å². The first kappa shape index (κ1) is 29.0. The molecule has 3 heterocycles. The number of rotatable bonds is 11. The van der Waals surface area contributed by atoms with Gasteiger partial charge >= 0.3 is 6.09 Å². The van der Waals surface area contributed by atoms with Gasteiger partial charge in [0.05, 0.1) is 54.3 Å². The number of carbonyl (C=O) groups is 1. The van der Waals surface area contributed by atoms with Gasteiger partial charge in [-0.15, -0.1) is 5.10 Å². The van der Waals surface area contributed by atoms with Gasteiger partial charge in [-0.3, -0.25) is 9.94 Å². The number of hydroxylamine groups is 1. The monoisotopic (exact) mass is 601 g/mol. The van der Waals surface area contributed by atoms with Crippen molar-refractivity contribution in [2.24, 2.45) is 5.92 Å². The summed E-state index contributed by atoms with van der Waals surface area (Å²) >= 11 is 0. The standard InChI is InChI=1S/C28H35N5O8S/c34-25(16-33(41-19-8-4-5-9-19)42(36,37)20-10-11-22-23(15-20)31-32-30-22)24(14-18-6-2-1-3-7-18)29-28(35)40-26-17-39-27-21(26)12-13-38-27/h1-3,6-7,10-11,15,19,21,24-27,34H,4-5,8-9,12-14,16-17H2,(H,29,35)(H,30,31,32)/t21-,24-,25+,26?,27+/m0/s1. The smallest absolute Gasteiger partial charge is 0.407 e. The quantitative estimate of drug-likeness (QED) is 0.278. The molecule has 2 aliphatic heterocycles. The summed E-state index contributed by atoms with van der Waals surface area (Å²) in [6.45, 7) is 0.353. The van der Waals surface area contributed by atoms with E-state index in [-0.39, 0.29) is 36.2 Å². The second kappa shape index (κ2) is 12.6. The Morgan fingerprint density at radius 3 is 2.76 bits per heavy atom. The summed E-state index contributed by atoms with van der Waals surface area (Å²) in [5.74, 6) is -0.0456. The van der Waals surface area contributed by atoms with Crippen molar-refractivity contribution in [1.29, 1.82) is 0 Å². The third kappa shape index (κ3) is 6.43. The minimum Gasteiger partial charge on any atom is -0.443 e. The molecule has 0 bridgehead atoms. The molecular weight excluding hydrogens is 566 g/mol. The van der Waals surface area contributed by atoms with Gasteiger partial charge in [-0.05, 0) is 49.4 Å². The van der Waals surface area contributed by atoms with Crippen molar-refractivity contribution in [3.05, 3.63) is 54.1 Å². The summed E-state index contributed by atoms with van der Waals surface area (Å²) in [5, 5.41) is 24.6. The molecule has 1 aromatic heterocycles. The Morgan fingerprint density at radius 1 is 1.14 bits per heavy atom. The van der Waals surface area contributed by atoms with Gasteiger partial charge < -0.3 is 24.6 Å². The third-order valence-electron chi connectivity index (χ3n) is 8.08. The minimum atomic E-state index is -4.22. The normalized spacial score (nSPS) is 24.2. The van der Waals surface area contributed by atoms with Crippen molar-refractivity contribution < 1.29 is 37.4 Å². The second-order valence-electron chi connectivity index (χ2n) is 11.0. The molecule has 5 atom stereocenters. The lowest BCUT2D eigenvalue weighted by molar-refractivity contribution is -0.145. The van der Waals surface area contributed by atoms with Gasteiger partial charge in [0, 0.05) is 0 Å². The molecule has 0 spiro atoms. The first-order valence-corrected chi connectivity index (χ1v) is 15.7. The molecule has 14 heteroatoms. The maximum absolute atomic E-state index is 13.9. The molecule has 2 saturated heterocycles. The number of hydrogen-bond acceptors (Lipinski definition) is 10. The molecule has 1 amide bonds. The highest BCUT2D eigenvalue weighted by Gasteiger charge is 2.44. The van der Waals surface area contributed by atoms with Crippen LogP contribution < -0.4 is 5.32 Å². The number of ether oxygens (including phenoxy) is 3. The Labute approximate surface area is 243 Å². The fraction of sp³-hybridized carbons (Fsp3) is 0.536. The Morgan fingerprint density at radius 2 is 1.95 bits per heavy atom. The number of sulfonamides is 1. The molecule has 3 aromatic rings. The van der Waals surface area contributed by atoms with Crippen LogP contribution in [0.4, 0.5) is 4.79 Å². The van der Waals surface area contributed by atoms with Crippen LogP contribution in [0.15, 0.2) is 53.4 Å². The minimum absolute atomic E-state index is 0.0456. The molecule has 1 unspecified atom stereocenters. The van der Waals surface area contributed by atoms with Crippen LogP contribution in [0.1, 0.15) is 37.7 Å². The number of aromatic nitrogens is 3. The highest BCUT2D eigenvalue weighted by Crippen LogP contribution is 2.33. The Hall–Kier alpha value is -3.14. The first-order chi connectivity index (χ1) is 20.4. The summed E-state index contributed by atoms with van der Waals surface area (Å²) in [7, 11) is -4.22. The Bertz CT molecular complexity index is 1470. The average Bonchev–Trinajstić information content (AvgIpc) is 3.79. The number of nitrogens with one attached hydrogen (secondary N) is 2. The predicted molar refractivity (Wildman–Crippen MR) is 148 cm³/mol. The van der Waals surface area contributed by atoms with E-state index in [0.29, 0.717) is 30.5 Å². The maximum Gasteiger partial charge on any atom is 0.407 e. The number of carbonyl (C=O) groups excluding carboxylic acids is 1. The zero-order valence-corrected chi connectivity index (χ0v) is 23.8. The molecule has 13 nitrogen and oxygen atoms in total. The van der Waals surface area contributed by atoms with Gasteiger partial charge in [0.2, 0.25) is 0 Å². The van der Waals surface area contributed by atoms with Crippen molar-refractivity contribution >= 4 is 27.1 Å². The SMILES string of the molecule is O=C(N[C@@H](Cc1ccccc1)[C@H](O)CN(OC1CCCC1)S(=O)(=O)c1ccc2[nH]nnc2c1)OC1CO[C@H]2OCC[C@@H]12. The first-order valence-electron chi connectivity index (χ1n) is 14.3. The molecule has 226 valence electrons. The average molecular weight is 602 g/mol. The number of aliphatic hydroxyl groups excluding tert-OH is 1. The highest BCUT2D eigenvalue weighted by atomic mass is 32.2. The zero-order valence-electron chi connectivity index (χ0n) is 23.0. The van der Waals surface area contributed by atoms with E-state index in [4.69, 9.17) is 19.0 Å². The van der Waals surface area contributed by atoms with Gasteiger partial charge in [-0.25, -0.2) is 13.2 Å². The van der Waals surface area contributed by atoms with E-state index >= 15 is 0 Å². The lowest BCUT2D eigenvalue weighted by Gasteiger charge is -2.30. The molecule has 2 aromatic carbocycles. The zero-order chi connectivity index (χ0) is 29.1. The number of hydrogen-bond donors (Lipinski definition) is 3. The molecule has 6 rings (SSSR count). The number of fused-ring (bicyclic) bond motifs is 2. The Balaban J connectivity index is 1.22. The summed E-state index contributed by atoms with van der Waals surface area (Å²) in [6.07, 6.45) is 0.998.